The predicted octanol–water partition coefficient (Wildman–Crippen LogP) is 2.40. The van der Waals surface area contributed by atoms with Crippen LogP contribution in [0, 0.1) is 18.7 Å². The average molecular weight is 454 g/mol. The van der Waals surface area contributed by atoms with E-state index in [4.69, 9.17) is 0 Å². The van der Waals surface area contributed by atoms with E-state index in [9.17, 15) is 14.0 Å². The van der Waals surface area contributed by atoms with Crippen LogP contribution in [0.4, 0.5) is 21.8 Å². The fraction of sp³-hybridized carbons (Fsp3) is 0.522. The summed E-state index contributed by atoms with van der Waals surface area (Å²) in [4.78, 5) is 41.5. The Morgan fingerprint density at radius 1 is 1.12 bits per heavy atom. The van der Waals surface area contributed by atoms with Crippen molar-refractivity contribution >= 4 is 29.3 Å². The molecular weight excluding hydrogens is 425 g/mol. The quantitative estimate of drug-likeness (QED) is 0.692. The highest BCUT2D eigenvalue weighted by Crippen LogP contribution is 2.39. The average Bonchev–Trinajstić information content (AvgIpc) is 3.60. The second kappa shape index (κ2) is 8.57. The summed E-state index contributed by atoms with van der Waals surface area (Å²) in [6, 6.07) is 2.00. The number of anilines is 3. The van der Waals surface area contributed by atoms with E-state index < -0.39 is 5.82 Å². The summed E-state index contributed by atoms with van der Waals surface area (Å²) in [7, 11) is 0. The Hall–Kier alpha value is -3.30. The SMILES string of the molecule is CCNC(=O)c1ncc(Nc2ncc(F)c(N3C[C@H]4CC[C@@H](C3)N4C(=O)C3CC3)n2)cc1C. The van der Waals surface area contributed by atoms with Gasteiger partial charge in [0.2, 0.25) is 11.9 Å². The van der Waals surface area contributed by atoms with E-state index in [0.29, 0.717) is 36.6 Å². The van der Waals surface area contributed by atoms with Crippen molar-refractivity contribution in [3.63, 3.8) is 0 Å². The molecule has 1 aliphatic carbocycles. The highest BCUT2D eigenvalue weighted by molar-refractivity contribution is 5.93. The second-order valence-corrected chi connectivity index (χ2v) is 9.05. The number of piperazine rings is 1. The lowest BCUT2D eigenvalue weighted by Crippen LogP contribution is -2.56. The van der Waals surface area contributed by atoms with Crippen molar-refractivity contribution in [2.75, 3.05) is 29.9 Å². The Balaban J connectivity index is 1.32. The highest BCUT2D eigenvalue weighted by Gasteiger charge is 2.47. The van der Waals surface area contributed by atoms with Crippen molar-refractivity contribution in [2.45, 2.75) is 51.6 Å². The fourth-order valence-corrected chi connectivity index (χ4v) is 4.87. The molecule has 0 radical (unpaired) electrons. The van der Waals surface area contributed by atoms with Gasteiger partial charge in [-0.1, -0.05) is 0 Å². The Morgan fingerprint density at radius 3 is 2.48 bits per heavy atom. The van der Waals surface area contributed by atoms with Crippen molar-refractivity contribution in [2.24, 2.45) is 5.92 Å². The monoisotopic (exact) mass is 453 g/mol. The molecule has 0 unspecified atom stereocenters. The van der Waals surface area contributed by atoms with Gasteiger partial charge in [-0.05, 0) is 51.2 Å². The maximum atomic E-state index is 14.7. The lowest BCUT2D eigenvalue weighted by atomic mass is 10.1. The standard InChI is InChI=1S/C23H28FN7O2/c1-3-25-21(32)19-13(2)8-15(9-26-19)28-23-27-10-18(24)20(29-23)30-11-16-6-7-17(12-30)31(16)22(33)14-4-5-14/h8-10,14,16-17H,3-7,11-12H2,1-2H3,(H,25,32)(H,27,28,29)/t16-,17+. The van der Waals surface area contributed by atoms with Gasteiger partial charge in [0.05, 0.1) is 18.1 Å². The number of amides is 2. The Labute approximate surface area is 191 Å². The number of rotatable bonds is 6. The van der Waals surface area contributed by atoms with Crippen molar-refractivity contribution in [3.05, 3.63) is 35.5 Å². The van der Waals surface area contributed by atoms with E-state index in [-0.39, 0.29) is 41.6 Å². The first-order valence-corrected chi connectivity index (χ1v) is 11.6. The van der Waals surface area contributed by atoms with Crippen LogP contribution in [-0.2, 0) is 4.79 Å². The number of aryl methyl sites for hydroxylation is 1. The summed E-state index contributed by atoms with van der Waals surface area (Å²) in [6.07, 6.45) is 6.57. The molecule has 33 heavy (non-hydrogen) atoms. The normalized spacial score (nSPS) is 21.8. The fourth-order valence-electron chi connectivity index (χ4n) is 4.87. The number of fused-ring (bicyclic) bond motifs is 2. The Bertz CT molecular complexity index is 1080. The number of carbonyl (C=O) groups is 2. The maximum absolute atomic E-state index is 14.7. The van der Waals surface area contributed by atoms with Crippen LogP contribution in [0.3, 0.4) is 0 Å². The summed E-state index contributed by atoms with van der Waals surface area (Å²) in [5.74, 6) is 0.252. The number of hydrogen-bond donors (Lipinski definition) is 2. The number of carbonyl (C=O) groups excluding carboxylic acids is 2. The number of nitrogens with one attached hydrogen (secondary N) is 2. The van der Waals surface area contributed by atoms with E-state index in [1.165, 1.54) is 6.20 Å². The Kier molecular flexibility index (Phi) is 5.59. The molecule has 1 saturated carbocycles. The molecule has 3 fully saturated rings. The lowest BCUT2D eigenvalue weighted by Gasteiger charge is -2.41. The smallest absolute Gasteiger partial charge is 0.270 e. The molecule has 10 heteroatoms. The minimum Gasteiger partial charge on any atom is -0.351 e. The van der Waals surface area contributed by atoms with Gasteiger partial charge < -0.3 is 20.4 Å². The van der Waals surface area contributed by atoms with Crippen LogP contribution < -0.4 is 15.5 Å². The molecular formula is C23H28FN7O2. The summed E-state index contributed by atoms with van der Waals surface area (Å²) >= 11 is 0. The van der Waals surface area contributed by atoms with E-state index >= 15 is 0 Å². The molecule has 4 heterocycles. The first-order chi connectivity index (χ1) is 15.9. The zero-order chi connectivity index (χ0) is 23.1. The van der Waals surface area contributed by atoms with Gasteiger partial charge in [-0.2, -0.15) is 4.98 Å². The van der Waals surface area contributed by atoms with Crippen LogP contribution in [-0.4, -0.2) is 63.4 Å². The summed E-state index contributed by atoms with van der Waals surface area (Å²) < 4.78 is 14.7. The van der Waals surface area contributed by atoms with Gasteiger partial charge >= 0.3 is 0 Å². The van der Waals surface area contributed by atoms with Gasteiger partial charge in [0.15, 0.2) is 11.6 Å². The molecule has 2 amide bonds. The zero-order valence-electron chi connectivity index (χ0n) is 18.8. The van der Waals surface area contributed by atoms with E-state index in [1.54, 1.807) is 13.0 Å². The van der Waals surface area contributed by atoms with Crippen molar-refractivity contribution in [3.8, 4) is 0 Å². The molecule has 2 aromatic heterocycles. The van der Waals surface area contributed by atoms with Crippen LogP contribution in [0.15, 0.2) is 18.5 Å². The van der Waals surface area contributed by atoms with Gasteiger partial charge in [-0.15, -0.1) is 0 Å². The summed E-state index contributed by atoms with van der Waals surface area (Å²) in [5.41, 5.74) is 1.68. The van der Waals surface area contributed by atoms with Crippen molar-refractivity contribution in [1.29, 1.82) is 0 Å². The van der Waals surface area contributed by atoms with Gasteiger partial charge in [-0.3, -0.25) is 9.59 Å². The first kappa shape index (κ1) is 21.5. The largest absolute Gasteiger partial charge is 0.351 e. The third-order valence-corrected chi connectivity index (χ3v) is 6.58. The summed E-state index contributed by atoms with van der Waals surface area (Å²) in [5, 5.41) is 5.80. The molecule has 0 spiro atoms. The summed E-state index contributed by atoms with van der Waals surface area (Å²) in [6.45, 7) is 5.33. The van der Waals surface area contributed by atoms with Crippen LogP contribution in [0.1, 0.15) is 48.7 Å². The van der Waals surface area contributed by atoms with Gasteiger partial charge in [0, 0.05) is 37.6 Å². The third-order valence-electron chi connectivity index (χ3n) is 6.58. The molecule has 2 aliphatic heterocycles. The molecule has 2 atom stereocenters. The van der Waals surface area contributed by atoms with Crippen LogP contribution in [0.25, 0.3) is 0 Å². The first-order valence-electron chi connectivity index (χ1n) is 11.6. The lowest BCUT2D eigenvalue weighted by molar-refractivity contribution is -0.135. The van der Waals surface area contributed by atoms with Gasteiger partial charge in [0.25, 0.3) is 5.91 Å². The van der Waals surface area contributed by atoms with Gasteiger partial charge in [-0.25, -0.2) is 14.4 Å². The molecule has 2 aromatic rings. The van der Waals surface area contributed by atoms with E-state index in [0.717, 1.165) is 31.9 Å². The van der Waals surface area contributed by atoms with Crippen LogP contribution >= 0.6 is 0 Å². The van der Waals surface area contributed by atoms with Crippen molar-refractivity contribution in [1.82, 2.24) is 25.2 Å². The van der Waals surface area contributed by atoms with Crippen LogP contribution in [0.2, 0.25) is 0 Å². The Morgan fingerprint density at radius 2 is 1.85 bits per heavy atom. The number of halogens is 1. The maximum Gasteiger partial charge on any atom is 0.270 e. The number of pyridine rings is 1. The minimum atomic E-state index is -0.484. The van der Waals surface area contributed by atoms with Crippen molar-refractivity contribution < 1.29 is 14.0 Å². The third kappa shape index (κ3) is 4.21. The van der Waals surface area contributed by atoms with Gasteiger partial charge in [0.1, 0.15) is 5.69 Å². The number of hydrogen-bond acceptors (Lipinski definition) is 7. The second-order valence-electron chi connectivity index (χ2n) is 9.05. The topological polar surface area (TPSA) is 103 Å². The molecule has 174 valence electrons. The molecule has 9 nitrogen and oxygen atoms in total. The van der Waals surface area contributed by atoms with E-state index in [2.05, 4.69) is 30.5 Å². The molecule has 2 saturated heterocycles. The molecule has 0 aromatic carbocycles. The minimum absolute atomic E-state index is 0.108. The number of aromatic nitrogens is 3. The van der Waals surface area contributed by atoms with E-state index in [1.807, 2.05) is 11.8 Å². The molecule has 2 N–H and O–H groups in total. The van der Waals surface area contributed by atoms with Crippen LogP contribution in [0.5, 0.6) is 0 Å². The molecule has 5 rings (SSSR count). The molecule has 2 bridgehead atoms. The predicted molar refractivity (Wildman–Crippen MR) is 121 cm³/mol. The zero-order valence-corrected chi connectivity index (χ0v) is 18.8. The number of nitrogens with zero attached hydrogens (tertiary/aromatic N) is 5. The molecule has 3 aliphatic rings. The highest BCUT2D eigenvalue weighted by atomic mass is 19.1.